The van der Waals surface area contributed by atoms with E-state index in [0.29, 0.717) is 18.1 Å². The predicted molar refractivity (Wildman–Crippen MR) is 94.9 cm³/mol. The van der Waals surface area contributed by atoms with Gasteiger partial charge in [-0.2, -0.15) is 0 Å². The first kappa shape index (κ1) is 18.5. The van der Waals surface area contributed by atoms with Crippen LogP contribution < -0.4 is 21.3 Å². The summed E-state index contributed by atoms with van der Waals surface area (Å²) in [6.07, 6.45) is 6.96. The van der Waals surface area contributed by atoms with Gasteiger partial charge in [-0.3, -0.25) is 10.1 Å². The zero-order chi connectivity index (χ0) is 17.8. The van der Waals surface area contributed by atoms with Gasteiger partial charge in [-0.15, -0.1) is 0 Å². The van der Waals surface area contributed by atoms with Gasteiger partial charge in [-0.1, -0.05) is 19.8 Å². The number of hydrogen-bond acceptors (Lipinski definition) is 5. The van der Waals surface area contributed by atoms with Gasteiger partial charge in [0.25, 0.3) is 0 Å². The van der Waals surface area contributed by atoms with E-state index in [1.807, 2.05) is 6.92 Å². The van der Waals surface area contributed by atoms with E-state index in [4.69, 9.17) is 4.74 Å². The molecule has 6 atom stereocenters. The van der Waals surface area contributed by atoms with Crippen molar-refractivity contribution < 1.29 is 14.3 Å². The van der Waals surface area contributed by atoms with Crippen molar-refractivity contribution in [1.82, 2.24) is 21.3 Å². The van der Waals surface area contributed by atoms with E-state index >= 15 is 0 Å². The number of methoxy groups -OCH3 is 1. The summed E-state index contributed by atoms with van der Waals surface area (Å²) < 4.78 is 4.73. The molecule has 0 aromatic heterocycles. The molecule has 142 valence electrons. The van der Waals surface area contributed by atoms with Crippen molar-refractivity contribution in [3.63, 3.8) is 0 Å². The Hall–Kier alpha value is -1.34. The molecule has 7 nitrogen and oxygen atoms in total. The second-order valence-electron chi connectivity index (χ2n) is 7.84. The maximum atomic E-state index is 12.6. The highest BCUT2D eigenvalue weighted by Crippen LogP contribution is 2.30. The lowest BCUT2D eigenvalue weighted by molar-refractivity contribution is -0.126. The van der Waals surface area contributed by atoms with E-state index in [2.05, 4.69) is 21.3 Å². The molecule has 7 heteroatoms. The predicted octanol–water partition coefficient (Wildman–Crippen LogP) is 1.09. The van der Waals surface area contributed by atoms with E-state index in [0.717, 1.165) is 51.5 Å². The zero-order valence-corrected chi connectivity index (χ0v) is 15.3. The van der Waals surface area contributed by atoms with Gasteiger partial charge in [0.15, 0.2) is 0 Å². The van der Waals surface area contributed by atoms with Crippen molar-refractivity contribution in [3.05, 3.63) is 0 Å². The summed E-state index contributed by atoms with van der Waals surface area (Å²) in [5.74, 6) is 0.591. The van der Waals surface area contributed by atoms with Gasteiger partial charge >= 0.3 is 6.09 Å². The number of amides is 2. The number of nitrogens with one attached hydrogen (secondary N) is 4. The molecule has 0 aromatic carbocycles. The lowest BCUT2D eigenvalue weighted by Gasteiger charge is -2.40. The van der Waals surface area contributed by atoms with E-state index in [1.54, 1.807) is 0 Å². The van der Waals surface area contributed by atoms with Crippen LogP contribution in [0.4, 0.5) is 4.79 Å². The molecule has 1 saturated carbocycles. The van der Waals surface area contributed by atoms with Crippen LogP contribution in [0.25, 0.3) is 0 Å². The molecule has 3 fully saturated rings. The summed E-state index contributed by atoms with van der Waals surface area (Å²) in [6, 6.07) is 0.523. The fourth-order valence-electron chi connectivity index (χ4n) is 4.56. The van der Waals surface area contributed by atoms with E-state index < -0.39 is 6.09 Å². The highest BCUT2D eigenvalue weighted by Gasteiger charge is 2.40. The minimum atomic E-state index is -0.392. The Morgan fingerprint density at radius 1 is 1.16 bits per heavy atom. The Balaban J connectivity index is 1.71. The van der Waals surface area contributed by atoms with Gasteiger partial charge in [0.1, 0.15) is 0 Å². The molecule has 25 heavy (non-hydrogen) atoms. The maximum absolute atomic E-state index is 12.6. The lowest BCUT2D eigenvalue weighted by atomic mass is 9.77. The van der Waals surface area contributed by atoms with Crippen LogP contribution in [0.5, 0.6) is 0 Å². The molecule has 2 aliphatic heterocycles. The summed E-state index contributed by atoms with van der Waals surface area (Å²) in [6.45, 7) is 2.97. The standard InChI is InChI=1S/C18H32N4O3/c1-11-5-3-4-6-16-19-10-15(21-16)13-8-7-12(20-18(24)25-2)9-14(13)22-17(11)23/h11-16,19,21H,3-10H2,1-2H3,(H,20,24)(H,22,23). The van der Waals surface area contributed by atoms with Crippen LogP contribution in [-0.4, -0.2) is 49.9 Å². The van der Waals surface area contributed by atoms with Crippen LogP contribution in [0.2, 0.25) is 0 Å². The average molecular weight is 352 g/mol. The Labute approximate surface area is 150 Å². The van der Waals surface area contributed by atoms with Crippen LogP contribution in [0, 0.1) is 11.8 Å². The summed E-state index contributed by atoms with van der Waals surface area (Å²) in [5.41, 5.74) is 0. The molecule has 3 aliphatic rings. The first-order chi connectivity index (χ1) is 12.1. The number of rotatable bonds is 1. The molecule has 2 amide bonds. The van der Waals surface area contributed by atoms with Gasteiger partial charge in [0.05, 0.1) is 13.3 Å². The van der Waals surface area contributed by atoms with Gasteiger partial charge in [0.2, 0.25) is 5.91 Å². The number of hydrogen-bond donors (Lipinski definition) is 4. The van der Waals surface area contributed by atoms with Crippen LogP contribution in [0.1, 0.15) is 51.9 Å². The third-order valence-corrected chi connectivity index (χ3v) is 6.08. The Morgan fingerprint density at radius 3 is 2.76 bits per heavy atom. The van der Waals surface area contributed by atoms with E-state index in [9.17, 15) is 9.59 Å². The van der Waals surface area contributed by atoms with Crippen molar-refractivity contribution in [2.45, 2.75) is 76.2 Å². The Morgan fingerprint density at radius 2 is 1.96 bits per heavy atom. The summed E-state index contributed by atoms with van der Waals surface area (Å²) in [4.78, 5) is 24.2. The van der Waals surface area contributed by atoms with Gasteiger partial charge in [-0.05, 0) is 38.0 Å². The molecular formula is C18H32N4O3. The summed E-state index contributed by atoms with van der Waals surface area (Å²) in [7, 11) is 1.38. The molecule has 2 bridgehead atoms. The fourth-order valence-corrected chi connectivity index (χ4v) is 4.56. The second kappa shape index (κ2) is 8.36. The van der Waals surface area contributed by atoms with Crippen molar-refractivity contribution >= 4 is 12.0 Å². The largest absolute Gasteiger partial charge is 0.453 e. The smallest absolute Gasteiger partial charge is 0.407 e. The molecule has 0 spiro atoms. The normalized spacial score (nSPS) is 39.4. The van der Waals surface area contributed by atoms with Crippen molar-refractivity contribution in [2.24, 2.45) is 11.8 Å². The molecular weight excluding hydrogens is 320 g/mol. The number of alkyl carbamates (subject to hydrolysis) is 1. The quantitative estimate of drug-likeness (QED) is 0.567. The zero-order valence-electron chi connectivity index (χ0n) is 15.3. The molecule has 4 N–H and O–H groups in total. The highest BCUT2D eigenvalue weighted by molar-refractivity contribution is 5.78. The van der Waals surface area contributed by atoms with Crippen LogP contribution in [-0.2, 0) is 9.53 Å². The second-order valence-corrected chi connectivity index (χ2v) is 7.84. The van der Waals surface area contributed by atoms with Gasteiger partial charge < -0.3 is 20.7 Å². The van der Waals surface area contributed by atoms with Crippen molar-refractivity contribution in [1.29, 1.82) is 0 Å². The molecule has 0 radical (unpaired) electrons. The first-order valence-electron chi connectivity index (χ1n) is 9.71. The molecule has 3 rings (SSSR count). The van der Waals surface area contributed by atoms with Gasteiger partial charge in [0, 0.05) is 30.6 Å². The SMILES string of the molecule is COC(=O)NC1CCC2C(C1)NC(=O)C(C)CCCCC1NCC2N1. The minimum Gasteiger partial charge on any atom is -0.453 e. The molecule has 2 heterocycles. The van der Waals surface area contributed by atoms with Crippen molar-refractivity contribution in [3.8, 4) is 0 Å². The maximum Gasteiger partial charge on any atom is 0.407 e. The Bertz CT molecular complexity index is 487. The molecule has 1 aliphatic carbocycles. The average Bonchev–Trinajstić information content (AvgIpc) is 3.06. The topological polar surface area (TPSA) is 91.5 Å². The fraction of sp³-hybridized carbons (Fsp3) is 0.889. The van der Waals surface area contributed by atoms with E-state index in [1.165, 1.54) is 7.11 Å². The van der Waals surface area contributed by atoms with Crippen molar-refractivity contribution in [2.75, 3.05) is 13.7 Å². The molecule has 6 unspecified atom stereocenters. The number of carbonyl (C=O) groups is 2. The number of carbonyl (C=O) groups excluding carboxylic acids is 2. The summed E-state index contributed by atoms with van der Waals surface area (Å²) >= 11 is 0. The molecule has 0 aromatic rings. The highest BCUT2D eigenvalue weighted by atomic mass is 16.5. The number of fused-ring (bicyclic) bond motifs is 4. The van der Waals surface area contributed by atoms with Gasteiger partial charge in [-0.25, -0.2) is 4.79 Å². The van der Waals surface area contributed by atoms with E-state index in [-0.39, 0.29) is 23.9 Å². The number of ether oxygens (including phenoxy) is 1. The van der Waals surface area contributed by atoms with Crippen LogP contribution in [0.3, 0.4) is 0 Å². The molecule has 2 saturated heterocycles. The minimum absolute atomic E-state index is 0.0487. The third-order valence-electron chi connectivity index (χ3n) is 6.08. The van der Waals surface area contributed by atoms with Crippen LogP contribution in [0.15, 0.2) is 0 Å². The first-order valence-corrected chi connectivity index (χ1v) is 9.71. The lowest BCUT2D eigenvalue weighted by Crippen LogP contribution is -2.55. The monoisotopic (exact) mass is 352 g/mol. The summed E-state index contributed by atoms with van der Waals surface area (Å²) in [5, 5.41) is 13.5. The van der Waals surface area contributed by atoms with Crippen LogP contribution >= 0.6 is 0 Å². The Kier molecular flexibility index (Phi) is 6.17. The third kappa shape index (κ3) is 4.64.